The Balaban J connectivity index is 1.44. The summed E-state index contributed by atoms with van der Waals surface area (Å²) in [5, 5.41) is 8.49. The SMILES string of the molecule is Cc1cc(Cn2nnn(-c3ccccc3Cl)c2=O)ccc1N1C(=O)c2cccc(Cl)c2C1=O. The highest BCUT2D eigenvalue weighted by Gasteiger charge is 2.38. The summed E-state index contributed by atoms with van der Waals surface area (Å²) in [5.74, 6) is -0.886. The van der Waals surface area contributed by atoms with Crippen LogP contribution < -0.4 is 10.6 Å². The Morgan fingerprint density at radius 1 is 0.818 bits per heavy atom. The van der Waals surface area contributed by atoms with E-state index in [0.29, 0.717) is 22.0 Å². The van der Waals surface area contributed by atoms with Gasteiger partial charge in [-0.15, -0.1) is 0 Å². The van der Waals surface area contributed by atoms with Crippen LogP contribution in [-0.4, -0.2) is 31.6 Å². The zero-order valence-corrected chi connectivity index (χ0v) is 18.7. The van der Waals surface area contributed by atoms with Gasteiger partial charge in [-0.25, -0.2) is 9.69 Å². The zero-order valence-electron chi connectivity index (χ0n) is 17.2. The van der Waals surface area contributed by atoms with Crippen LogP contribution in [0.1, 0.15) is 31.8 Å². The fraction of sp³-hybridized carbons (Fsp3) is 0.0870. The molecule has 0 spiro atoms. The van der Waals surface area contributed by atoms with Crippen LogP contribution in [0, 0.1) is 6.92 Å². The van der Waals surface area contributed by atoms with E-state index in [4.69, 9.17) is 23.2 Å². The molecule has 8 nitrogen and oxygen atoms in total. The van der Waals surface area contributed by atoms with E-state index < -0.39 is 17.5 Å². The monoisotopic (exact) mass is 479 g/mol. The van der Waals surface area contributed by atoms with Crippen LogP contribution in [0.3, 0.4) is 0 Å². The number of aryl methyl sites for hydroxylation is 1. The van der Waals surface area contributed by atoms with Gasteiger partial charge in [-0.3, -0.25) is 9.59 Å². The van der Waals surface area contributed by atoms with Crippen molar-refractivity contribution in [1.29, 1.82) is 0 Å². The number of halogens is 2. The number of imide groups is 1. The Bertz CT molecular complexity index is 1510. The summed E-state index contributed by atoms with van der Waals surface area (Å²) in [7, 11) is 0. The highest BCUT2D eigenvalue weighted by Crippen LogP contribution is 2.34. The third kappa shape index (κ3) is 3.44. The van der Waals surface area contributed by atoms with Gasteiger partial charge < -0.3 is 0 Å². The van der Waals surface area contributed by atoms with Crippen molar-refractivity contribution in [2.75, 3.05) is 4.90 Å². The van der Waals surface area contributed by atoms with Crippen molar-refractivity contribution in [2.24, 2.45) is 0 Å². The standard InChI is InChI=1S/C23H15Cl2N5O3/c1-13-11-14(12-28-23(33)30(27-26-28)19-8-3-2-6-16(19)24)9-10-18(13)29-21(31)15-5-4-7-17(25)20(15)22(29)32/h2-11H,12H2,1H3. The third-order valence-corrected chi connectivity index (χ3v) is 6.05. The minimum absolute atomic E-state index is 0.151. The van der Waals surface area contributed by atoms with Crippen molar-refractivity contribution < 1.29 is 9.59 Å². The van der Waals surface area contributed by atoms with Crippen LogP contribution in [0.25, 0.3) is 5.69 Å². The van der Waals surface area contributed by atoms with Gasteiger partial charge in [0.2, 0.25) is 0 Å². The average Bonchev–Trinajstić information content (AvgIpc) is 3.27. The quantitative estimate of drug-likeness (QED) is 0.414. The van der Waals surface area contributed by atoms with Crippen molar-refractivity contribution in [3.8, 4) is 5.69 Å². The smallest absolute Gasteiger partial charge is 0.268 e. The van der Waals surface area contributed by atoms with E-state index in [1.165, 1.54) is 4.68 Å². The van der Waals surface area contributed by atoms with Gasteiger partial charge in [0.05, 0.1) is 39.1 Å². The Morgan fingerprint density at radius 3 is 2.30 bits per heavy atom. The summed E-state index contributed by atoms with van der Waals surface area (Å²) in [5.41, 5.74) is 2.36. The van der Waals surface area contributed by atoms with Crippen LogP contribution >= 0.6 is 23.2 Å². The van der Waals surface area contributed by atoms with E-state index in [-0.39, 0.29) is 22.7 Å². The van der Waals surface area contributed by atoms with Crippen molar-refractivity contribution in [2.45, 2.75) is 13.5 Å². The lowest BCUT2D eigenvalue weighted by molar-refractivity contribution is 0.0926. The molecule has 2 amide bonds. The predicted molar refractivity (Wildman–Crippen MR) is 124 cm³/mol. The molecule has 1 aliphatic heterocycles. The fourth-order valence-corrected chi connectivity index (χ4v) is 4.32. The molecule has 0 fully saturated rings. The number of benzene rings is 3. The summed E-state index contributed by atoms with van der Waals surface area (Å²) in [6, 6.07) is 16.8. The number of para-hydroxylation sites is 1. The lowest BCUT2D eigenvalue weighted by atomic mass is 10.1. The summed E-state index contributed by atoms with van der Waals surface area (Å²) < 4.78 is 2.34. The highest BCUT2D eigenvalue weighted by molar-refractivity contribution is 6.42. The Morgan fingerprint density at radius 2 is 1.58 bits per heavy atom. The Hall–Kier alpha value is -3.75. The van der Waals surface area contributed by atoms with Gasteiger partial charge in [0.15, 0.2) is 0 Å². The lowest BCUT2D eigenvalue weighted by Crippen LogP contribution is -2.30. The maximum atomic E-state index is 12.9. The molecule has 5 rings (SSSR count). The number of tetrazole rings is 1. The molecule has 3 aromatic carbocycles. The summed E-state index contributed by atoms with van der Waals surface area (Å²) >= 11 is 12.3. The number of aromatic nitrogens is 4. The van der Waals surface area contributed by atoms with E-state index in [1.807, 2.05) is 0 Å². The molecule has 0 atom stereocenters. The normalized spacial score (nSPS) is 13.0. The Labute approximate surface area is 197 Å². The molecule has 4 aromatic rings. The van der Waals surface area contributed by atoms with Gasteiger partial charge in [0, 0.05) is 0 Å². The summed E-state index contributed by atoms with van der Waals surface area (Å²) in [4.78, 5) is 39.7. The van der Waals surface area contributed by atoms with Crippen molar-refractivity contribution >= 4 is 40.7 Å². The molecule has 0 bridgehead atoms. The minimum atomic E-state index is -0.463. The number of hydrogen-bond donors (Lipinski definition) is 0. The van der Waals surface area contributed by atoms with Crippen molar-refractivity contribution in [3.63, 3.8) is 0 Å². The maximum absolute atomic E-state index is 12.9. The van der Waals surface area contributed by atoms with E-state index in [0.717, 1.165) is 15.1 Å². The van der Waals surface area contributed by atoms with Crippen molar-refractivity contribution in [3.05, 3.63) is 103 Å². The first-order valence-electron chi connectivity index (χ1n) is 9.91. The molecule has 0 saturated carbocycles. The molecule has 33 heavy (non-hydrogen) atoms. The number of carbonyl (C=O) groups is 2. The molecule has 1 aliphatic rings. The zero-order chi connectivity index (χ0) is 23.3. The maximum Gasteiger partial charge on any atom is 0.368 e. The average molecular weight is 480 g/mol. The van der Waals surface area contributed by atoms with Crippen LogP contribution in [-0.2, 0) is 6.54 Å². The molecule has 164 valence electrons. The number of hydrogen-bond acceptors (Lipinski definition) is 5. The molecule has 0 N–H and O–H groups in total. The van der Waals surface area contributed by atoms with Gasteiger partial charge in [0.1, 0.15) is 0 Å². The minimum Gasteiger partial charge on any atom is -0.268 e. The number of carbonyl (C=O) groups excluding carboxylic acids is 2. The van der Waals surface area contributed by atoms with Gasteiger partial charge in [-0.1, -0.05) is 53.5 Å². The second-order valence-electron chi connectivity index (χ2n) is 7.51. The Kier molecular flexibility index (Phi) is 5.11. The van der Waals surface area contributed by atoms with E-state index in [2.05, 4.69) is 10.4 Å². The topological polar surface area (TPSA) is 90.1 Å². The van der Waals surface area contributed by atoms with Crippen LogP contribution in [0.5, 0.6) is 0 Å². The molecule has 0 radical (unpaired) electrons. The second-order valence-corrected chi connectivity index (χ2v) is 8.33. The van der Waals surface area contributed by atoms with Gasteiger partial charge in [-0.05, 0) is 58.8 Å². The van der Waals surface area contributed by atoms with E-state index >= 15 is 0 Å². The predicted octanol–water partition coefficient (Wildman–Crippen LogP) is 3.89. The van der Waals surface area contributed by atoms with Gasteiger partial charge >= 0.3 is 5.69 Å². The van der Waals surface area contributed by atoms with Crippen molar-refractivity contribution in [1.82, 2.24) is 19.8 Å². The highest BCUT2D eigenvalue weighted by atomic mass is 35.5. The number of amides is 2. The number of anilines is 1. The summed E-state index contributed by atoms with van der Waals surface area (Å²) in [6.45, 7) is 1.94. The third-order valence-electron chi connectivity index (χ3n) is 5.42. The molecular formula is C23H15Cl2N5O3. The van der Waals surface area contributed by atoms with Gasteiger partial charge in [0.25, 0.3) is 11.8 Å². The molecular weight excluding hydrogens is 465 g/mol. The lowest BCUT2D eigenvalue weighted by Gasteiger charge is -2.17. The molecule has 0 unspecified atom stereocenters. The van der Waals surface area contributed by atoms with E-state index in [1.54, 1.807) is 67.6 Å². The number of nitrogens with zero attached hydrogens (tertiary/aromatic N) is 5. The van der Waals surface area contributed by atoms with Gasteiger partial charge in [-0.2, -0.15) is 9.36 Å². The molecule has 0 saturated heterocycles. The second kappa shape index (κ2) is 7.99. The number of rotatable bonds is 4. The molecule has 2 heterocycles. The largest absolute Gasteiger partial charge is 0.368 e. The van der Waals surface area contributed by atoms with Crippen LogP contribution in [0.4, 0.5) is 5.69 Å². The summed E-state index contributed by atoms with van der Waals surface area (Å²) in [6.07, 6.45) is 0. The first-order valence-corrected chi connectivity index (χ1v) is 10.7. The molecule has 1 aromatic heterocycles. The van der Waals surface area contributed by atoms with Crippen LogP contribution in [0.15, 0.2) is 65.5 Å². The molecule has 10 heteroatoms. The fourth-order valence-electron chi connectivity index (χ4n) is 3.85. The number of fused-ring (bicyclic) bond motifs is 1. The van der Waals surface area contributed by atoms with E-state index in [9.17, 15) is 14.4 Å². The first kappa shape index (κ1) is 21.1. The van der Waals surface area contributed by atoms with Crippen LogP contribution in [0.2, 0.25) is 10.0 Å². The molecule has 0 aliphatic carbocycles. The first-order chi connectivity index (χ1) is 15.9.